The predicted octanol–water partition coefficient (Wildman–Crippen LogP) is 8.02. The largest absolute Gasteiger partial charge is 0.392 e. The van der Waals surface area contributed by atoms with Crippen molar-refractivity contribution in [1.29, 1.82) is 0 Å². The monoisotopic (exact) mass is 710 g/mol. The van der Waals surface area contributed by atoms with Crippen LogP contribution in [0.2, 0.25) is 0 Å². The summed E-state index contributed by atoms with van der Waals surface area (Å²) in [5.41, 5.74) is 8.17. The smallest absolute Gasteiger partial charge is 0.271 e. The number of hydrogen-bond donors (Lipinski definition) is 3. The molecule has 9 nitrogen and oxygen atoms in total. The molecule has 262 valence electrons. The summed E-state index contributed by atoms with van der Waals surface area (Å²) >= 11 is 1.70. The molecule has 7 rings (SSSR count). The van der Waals surface area contributed by atoms with Gasteiger partial charge in [-0.05, 0) is 76.3 Å². The summed E-state index contributed by atoms with van der Waals surface area (Å²) < 4.78 is 13.2. The second kappa shape index (κ2) is 16.3. The molecule has 1 aliphatic heterocycles. The average Bonchev–Trinajstić information content (AvgIpc) is 3.19. The van der Waals surface area contributed by atoms with Gasteiger partial charge in [0.05, 0.1) is 36.0 Å². The first-order valence-corrected chi connectivity index (χ1v) is 18.1. The molecular weight excluding hydrogens is 673 g/mol. The van der Waals surface area contributed by atoms with Crippen LogP contribution in [0.1, 0.15) is 58.5 Å². The molecule has 0 spiro atoms. The number of benzene rings is 5. The van der Waals surface area contributed by atoms with Gasteiger partial charge in [0.15, 0.2) is 6.29 Å². The Morgan fingerprint density at radius 2 is 1.56 bits per heavy atom. The molecule has 1 saturated heterocycles. The van der Waals surface area contributed by atoms with E-state index >= 15 is 0 Å². The van der Waals surface area contributed by atoms with Gasteiger partial charge < -0.3 is 25.2 Å². The van der Waals surface area contributed by atoms with E-state index in [-0.39, 0.29) is 36.3 Å². The molecule has 6 aromatic rings. The zero-order valence-corrected chi connectivity index (χ0v) is 29.4. The van der Waals surface area contributed by atoms with Crippen molar-refractivity contribution >= 4 is 40.3 Å². The van der Waals surface area contributed by atoms with Crippen LogP contribution in [0.15, 0.2) is 132 Å². The Bertz CT molecular complexity index is 2180. The minimum Gasteiger partial charge on any atom is -0.392 e. The first kappa shape index (κ1) is 35.0. The van der Waals surface area contributed by atoms with Crippen LogP contribution in [0.4, 0.5) is 5.69 Å². The van der Waals surface area contributed by atoms with Crippen LogP contribution in [0, 0.1) is 0 Å². The van der Waals surface area contributed by atoms with Gasteiger partial charge in [-0.2, -0.15) is 0 Å². The van der Waals surface area contributed by atoms with Gasteiger partial charge in [-0.3, -0.25) is 14.6 Å². The van der Waals surface area contributed by atoms with Gasteiger partial charge in [0, 0.05) is 41.8 Å². The first-order valence-electron chi connectivity index (χ1n) is 17.1. The molecule has 52 heavy (non-hydrogen) atoms. The zero-order valence-electron chi connectivity index (χ0n) is 28.6. The van der Waals surface area contributed by atoms with E-state index < -0.39 is 6.29 Å². The molecule has 1 aromatic heterocycles. The van der Waals surface area contributed by atoms with Crippen LogP contribution in [0.25, 0.3) is 22.2 Å². The quantitative estimate of drug-likeness (QED) is 0.116. The van der Waals surface area contributed by atoms with E-state index in [1.165, 1.54) is 13.1 Å². The number of hydrogen-bond acceptors (Lipinski definition) is 8. The van der Waals surface area contributed by atoms with Crippen LogP contribution >= 0.6 is 11.8 Å². The minimum absolute atomic E-state index is 0.0168. The number of aliphatic hydroxyl groups is 1. The molecular formula is C42H38N4O5S. The highest BCUT2D eigenvalue weighted by atomic mass is 32.2. The van der Waals surface area contributed by atoms with Gasteiger partial charge in [0.25, 0.3) is 5.91 Å². The summed E-state index contributed by atoms with van der Waals surface area (Å²) in [6, 6.07) is 39.4. The molecule has 0 bridgehead atoms. The van der Waals surface area contributed by atoms with Crippen LogP contribution < -0.4 is 10.6 Å². The summed E-state index contributed by atoms with van der Waals surface area (Å²) in [6.07, 6.45) is 1.25. The number of nitrogens with one attached hydrogen (secondary N) is 2. The van der Waals surface area contributed by atoms with Gasteiger partial charge in [-0.25, -0.2) is 4.98 Å². The lowest BCUT2D eigenvalue weighted by Gasteiger charge is -2.36. The second-order valence-electron chi connectivity index (χ2n) is 12.6. The summed E-state index contributed by atoms with van der Waals surface area (Å²) in [6.45, 7) is 1.81. The molecule has 3 N–H and O–H groups in total. The number of anilines is 1. The predicted molar refractivity (Wildman–Crippen MR) is 202 cm³/mol. The number of fused-ring (bicyclic) bond motifs is 1. The highest BCUT2D eigenvalue weighted by Crippen LogP contribution is 2.40. The van der Waals surface area contributed by atoms with E-state index in [2.05, 4.69) is 38.8 Å². The topological polar surface area (TPSA) is 123 Å². The maximum Gasteiger partial charge on any atom is 0.271 e. The highest BCUT2D eigenvalue weighted by molar-refractivity contribution is 7.99. The lowest BCUT2D eigenvalue weighted by Crippen LogP contribution is -2.31. The van der Waals surface area contributed by atoms with Gasteiger partial charge in [0.2, 0.25) is 5.91 Å². The minimum atomic E-state index is -0.602. The van der Waals surface area contributed by atoms with Crippen molar-refractivity contribution in [1.82, 2.24) is 15.3 Å². The molecule has 0 radical (unpaired) electrons. The molecule has 3 atom stereocenters. The number of para-hydroxylation sites is 2. The van der Waals surface area contributed by atoms with Crippen molar-refractivity contribution in [2.45, 2.75) is 49.9 Å². The van der Waals surface area contributed by atoms with Crippen molar-refractivity contribution in [2.75, 3.05) is 11.1 Å². The molecule has 1 fully saturated rings. The third kappa shape index (κ3) is 8.72. The van der Waals surface area contributed by atoms with Crippen molar-refractivity contribution in [3.63, 3.8) is 0 Å². The summed E-state index contributed by atoms with van der Waals surface area (Å²) in [7, 11) is 0. The van der Waals surface area contributed by atoms with Crippen molar-refractivity contribution in [3.05, 3.63) is 155 Å². The van der Waals surface area contributed by atoms with Gasteiger partial charge in [0.1, 0.15) is 5.69 Å². The molecule has 0 saturated carbocycles. The lowest BCUT2D eigenvalue weighted by atomic mass is 9.99. The highest BCUT2D eigenvalue weighted by Gasteiger charge is 2.32. The zero-order chi connectivity index (χ0) is 35.9. The van der Waals surface area contributed by atoms with Crippen LogP contribution in [0.3, 0.4) is 0 Å². The summed E-state index contributed by atoms with van der Waals surface area (Å²) in [4.78, 5) is 34.3. The van der Waals surface area contributed by atoms with Crippen molar-refractivity contribution < 1.29 is 24.2 Å². The number of carbonyl (C=O) groups is 2. The Kier molecular flexibility index (Phi) is 11.0. The second-order valence-corrected chi connectivity index (χ2v) is 13.7. The molecule has 0 unspecified atom stereocenters. The summed E-state index contributed by atoms with van der Waals surface area (Å²) in [5, 5.41) is 15.4. The molecule has 2 amide bonds. The Labute approximate surface area is 306 Å². The fourth-order valence-corrected chi connectivity index (χ4v) is 7.04. The third-order valence-corrected chi connectivity index (χ3v) is 9.92. The fraction of sp³-hybridized carbons (Fsp3) is 0.190. The first-order chi connectivity index (χ1) is 25.4. The molecule has 5 aromatic carbocycles. The maximum absolute atomic E-state index is 12.9. The van der Waals surface area contributed by atoms with Gasteiger partial charge in [-0.1, -0.05) is 72.8 Å². The van der Waals surface area contributed by atoms with E-state index in [0.29, 0.717) is 24.2 Å². The SMILES string of the molecule is CC(=O)Nc1ccc(SC[C@H]2C[C@@H](c3ccc(CO)cc3)O[C@@H](c3cccc(-c4cccc(CNC(=O)c5cnc6ccccc6n5)c4)c3)O2)cc1. The maximum atomic E-state index is 12.9. The number of aromatic nitrogens is 2. The van der Waals surface area contributed by atoms with Crippen molar-refractivity contribution in [3.8, 4) is 11.1 Å². The van der Waals surface area contributed by atoms with E-state index in [9.17, 15) is 14.7 Å². The van der Waals surface area contributed by atoms with Crippen LogP contribution in [0.5, 0.6) is 0 Å². The standard InChI is InChI=1S/C42H38N4O5S/c1-27(48)45-34-16-18-36(19-17-34)52-26-35-22-40(30-14-12-28(25-47)13-15-30)51-42(50-35)33-9-5-8-32(21-33)31-7-4-6-29(20-31)23-44-41(49)39-24-43-37-10-2-3-11-38(37)46-39/h2-21,24,35,40,42,47H,22-23,25-26H2,1H3,(H,44,49)(H,45,48)/t35-,40+,42+/m1/s1. The average molecular weight is 711 g/mol. The molecule has 10 heteroatoms. The van der Waals surface area contributed by atoms with Crippen molar-refractivity contribution in [2.24, 2.45) is 0 Å². The van der Waals surface area contributed by atoms with Gasteiger partial charge >= 0.3 is 0 Å². The number of ether oxygens (including phenoxy) is 2. The fourth-order valence-electron chi connectivity index (χ4n) is 6.11. The lowest BCUT2D eigenvalue weighted by molar-refractivity contribution is -0.245. The van der Waals surface area contributed by atoms with E-state index in [0.717, 1.165) is 49.5 Å². The Balaban J connectivity index is 1.06. The Morgan fingerprint density at radius 1 is 0.808 bits per heavy atom. The molecule has 2 heterocycles. The number of aliphatic hydroxyl groups excluding tert-OH is 1. The normalized spacial score (nSPS) is 17.1. The number of nitrogens with zero attached hydrogens (tertiary/aromatic N) is 2. The Hall–Kier alpha value is -5.39. The molecule has 1 aliphatic rings. The summed E-state index contributed by atoms with van der Waals surface area (Å²) in [5.74, 6) is 0.324. The molecule has 0 aliphatic carbocycles. The Morgan fingerprint density at radius 3 is 2.33 bits per heavy atom. The van der Waals surface area contributed by atoms with E-state index in [1.54, 1.807) is 11.8 Å². The number of rotatable bonds is 11. The van der Waals surface area contributed by atoms with Gasteiger partial charge in [-0.15, -0.1) is 11.8 Å². The third-order valence-electron chi connectivity index (χ3n) is 8.78. The number of amides is 2. The number of thioether (sulfide) groups is 1. The van der Waals surface area contributed by atoms with Crippen LogP contribution in [-0.4, -0.2) is 38.7 Å². The van der Waals surface area contributed by atoms with E-state index in [4.69, 9.17) is 9.47 Å². The van der Waals surface area contributed by atoms with E-state index in [1.807, 2.05) is 103 Å². The number of carbonyl (C=O) groups excluding carboxylic acids is 2. The van der Waals surface area contributed by atoms with Crippen LogP contribution in [-0.2, 0) is 27.4 Å².